The molecule has 1 N–H and O–H groups in total. The summed E-state index contributed by atoms with van der Waals surface area (Å²) in [6.07, 6.45) is 7.31. The van der Waals surface area contributed by atoms with Crippen LogP contribution in [0.5, 0.6) is 0 Å². The zero-order chi connectivity index (χ0) is 17.4. The third-order valence-electron chi connectivity index (χ3n) is 3.92. The summed E-state index contributed by atoms with van der Waals surface area (Å²) in [4.78, 5) is 33.3. The van der Waals surface area contributed by atoms with Gasteiger partial charge in [0.15, 0.2) is 6.61 Å². The van der Waals surface area contributed by atoms with E-state index in [2.05, 4.69) is 21.4 Å². The van der Waals surface area contributed by atoms with Gasteiger partial charge in [-0.15, -0.1) is 0 Å². The summed E-state index contributed by atoms with van der Waals surface area (Å²) in [5.74, 6) is -0.621. The predicted molar refractivity (Wildman–Crippen MR) is 85.8 cm³/mol. The summed E-state index contributed by atoms with van der Waals surface area (Å²) in [5, 5.41) is 12.0. The van der Waals surface area contributed by atoms with Crippen molar-refractivity contribution >= 4 is 17.8 Å². The Labute approximate surface area is 140 Å². The quantitative estimate of drug-likeness (QED) is 0.768. The molecule has 0 radical (unpaired) electrons. The Hall–Kier alpha value is -2.69. The number of nitrogens with zero attached hydrogens (tertiary/aromatic N) is 4. The van der Waals surface area contributed by atoms with E-state index in [0.29, 0.717) is 18.8 Å². The summed E-state index contributed by atoms with van der Waals surface area (Å²) in [7, 11) is 1.66. The molecule has 1 aromatic heterocycles. The molecule has 1 saturated carbocycles. The maximum absolute atomic E-state index is 12.0. The number of nitriles is 1. The van der Waals surface area contributed by atoms with Crippen LogP contribution < -0.4 is 10.2 Å². The molecule has 0 bridgehead atoms. The number of anilines is 1. The lowest BCUT2D eigenvalue weighted by Crippen LogP contribution is -2.50. The van der Waals surface area contributed by atoms with Crippen LogP contribution in [0.1, 0.15) is 32.1 Å². The minimum absolute atomic E-state index is 0.0688. The van der Waals surface area contributed by atoms with Crippen LogP contribution in [0.4, 0.5) is 5.95 Å². The summed E-state index contributed by atoms with van der Waals surface area (Å²) >= 11 is 0. The van der Waals surface area contributed by atoms with Crippen molar-refractivity contribution in [3.8, 4) is 6.07 Å². The zero-order valence-electron chi connectivity index (χ0n) is 13.7. The van der Waals surface area contributed by atoms with Gasteiger partial charge in [-0.1, -0.05) is 19.3 Å². The van der Waals surface area contributed by atoms with Crippen LogP contribution in [0.2, 0.25) is 0 Å². The van der Waals surface area contributed by atoms with Crippen LogP contribution in [0, 0.1) is 11.3 Å². The van der Waals surface area contributed by atoms with Gasteiger partial charge in [0.2, 0.25) is 5.95 Å². The van der Waals surface area contributed by atoms with Crippen molar-refractivity contribution in [1.82, 2.24) is 15.3 Å². The third kappa shape index (κ3) is 4.91. The highest BCUT2D eigenvalue weighted by molar-refractivity contribution is 5.82. The van der Waals surface area contributed by atoms with E-state index >= 15 is 0 Å². The van der Waals surface area contributed by atoms with Crippen LogP contribution in [-0.2, 0) is 14.3 Å². The molecule has 8 nitrogen and oxygen atoms in total. The highest BCUT2D eigenvalue weighted by Crippen LogP contribution is 2.27. The summed E-state index contributed by atoms with van der Waals surface area (Å²) in [6, 6.07) is 3.87. The molecule has 128 valence electrons. The first kappa shape index (κ1) is 17.7. The summed E-state index contributed by atoms with van der Waals surface area (Å²) in [6.45, 7) is -0.466. The zero-order valence-corrected chi connectivity index (χ0v) is 13.7. The highest BCUT2D eigenvalue weighted by atomic mass is 16.5. The molecule has 0 saturated heterocycles. The number of rotatable bonds is 6. The largest absolute Gasteiger partial charge is 0.454 e. The molecule has 1 heterocycles. The van der Waals surface area contributed by atoms with Crippen LogP contribution in [0.3, 0.4) is 0 Å². The van der Waals surface area contributed by atoms with Crippen molar-refractivity contribution in [3.05, 3.63) is 18.5 Å². The molecular weight excluding hydrogens is 310 g/mol. The van der Waals surface area contributed by atoms with Crippen LogP contribution in [0.15, 0.2) is 18.5 Å². The molecule has 1 amide bonds. The van der Waals surface area contributed by atoms with Gasteiger partial charge in [0.05, 0.1) is 6.07 Å². The molecule has 0 aliphatic heterocycles. The second-order valence-electron chi connectivity index (χ2n) is 5.87. The maximum Gasteiger partial charge on any atom is 0.326 e. The van der Waals surface area contributed by atoms with Crippen LogP contribution in [-0.4, -0.2) is 47.6 Å². The van der Waals surface area contributed by atoms with Gasteiger partial charge in [0, 0.05) is 19.4 Å². The maximum atomic E-state index is 12.0. The summed E-state index contributed by atoms with van der Waals surface area (Å²) < 4.78 is 4.97. The fraction of sp³-hybridized carbons (Fsp3) is 0.562. The average molecular weight is 331 g/mol. The van der Waals surface area contributed by atoms with Gasteiger partial charge in [-0.25, -0.2) is 9.97 Å². The SMILES string of the molecule is CN(CC(=O)OCC(=O)NC1(C#N)CCCCC1)c1ncccn1. The van der Waals surface area contributed by atoms with Gasteiger partial charge in [-0.05, 0) is 18.9 Å². The smallest absolute Gasteiger partial charge is 0.326 e. The Kier molecular flexibility index (Phi) is 6.07. The number of nitrogens with one attached hydrogen (secondary N) is 1. The Morgan fingerprint density at radius 1 is 1.33 bits per heavy atom. The molecule has 1 aliphatic carbocycles. The molecule has 1 fully saturated rings. The van der Waals surface area contributed by atoms with Crippen molar-refractivity contribution in [3.63, 3.8) is 0 Å². The van der Waals surface area contributed by atoms with Gasteiger partial charge in [0.1, 0.15) is 12.1 Å². The highest BCUT2D eigenvalue weighted by Gasteiger charge is 2.33. The minimum atomic E-state index is -0.823. The Bertz CT molecular complexity index is 608. The number of esters is 1. The van der Waals surface area contributed by atoms with Gasteiger partial charge in [-0.2, -0.15) is 5.26 Å². The van der Waals surface area contributed by atoms with E-state index in [-0.39, 0.29) is 6.54 Å². The van der Waals surface area contributed by atoms with Gasteiger partial charge >= 0.3 is 5.97 Å². The fourth-order valence-corrected chi connectivity index (χ4v) is 2.67. The fourth-order valence-electron chi connectivity index (χ4n) is 2.67. The molecule has 0 unspecified atom stereocenters. The minimum Gasteiger partial charge on any atom is -0.454 e. The van der Waals surface area contributed by atoms with Crippen LogP contribution in [0.25, 0.3) is 0 Å². The van der Waals surface area contributed by atoms with Crippen molar-refractivity contribution in [1.29, 1.82) is 5.26 Å². The molecular formula is C16H21N5O3. The third-order valence-corrected chi connectivity index (χ3v) is 3.92. The topological polar surface area (TPSA) is 108 Å². The molecule has 0 atom stereocenters. The average Bonchev–Trinajstić information content (AvgIpc) is 2.61. The molecule has 8 heteroatoms. The molecule has 0 spiro atoms. The number of carbonyl (C=O) groups is 2. The van der Waals surface area contributed by atoms with Crippen molar-refractivity contribution in [2.75, 3.05) is 25.1 Å². The van der Waals surface area contributed by atoms with Crippen LogP contribution >= 0.6 is 0 Å². The van der Waals surface area contributed by atoms with Gasteiger partial charge < -0.3 is 15.0 Å². The Morgan fingerprint density at radius 2 is 2.00 bits per heavy atom. The van der Waals surface area contributed by atoms with E-state index in [1.165, 1.54) is 4.90 Å². The van der Waals surface area contributed by atoms with Gasteiger partial charge in [0.25, 0.3) is 5.91 Å². The standard InChI is InChI=1S/C16H21N5O3/c1-21(15-18-8-5-9-19-15)10-14(23)24-11-13(22)20-16(12-17)6-3-2-4-7-16/h5,8-9H,2-4,6-7,10-11H2,1H3,(H,20,22). The first-order valence-corrected chi connectivity index (χ1v) is 7.91. The van der Waals surface area contributed by atoms with E-state index in [1.807, 2.05) is 0 Å². The lowest BCUT2D eigenvalue weighted by Gasteiger charge is -2.31. The van der Waals surface area contributed by atoms with Crippen molar-refractivity contribution in [2.45, 2.75) is 37.6 Å². The van der Waals surface area contributed by atoms with Crippen molar-refractivity contribution < 1.29 is 14.3 Å². The van der Waals surface area contributed by atoms with E-state index in [0.717, 1.165) is 19.3 Å². The molecule has 0 aromatic carbocycles. The normalized spacial score (nSPS) is 15.8. The van der Waals surface area contributed by atoms with Crippen molar-refractivity contribution in [2.24, 2.45) is 0 Å². The van der Waals surface area contributed by atoms with E-state index < -0.39 is 24.0 Å². The Balaban J connectivity index is 1.77. The number of hydrogen-bond acceptors (Lipinski definition) is 7. The summed E-state index contributed by atoms with van der Waals surface area (Å²) in [5.41, 5.74) is -0.823. The second-order valence-corrected chi connectivity index (χ2v) is 5.87. The Morgan fingerprint density at radius 3 is 2.62 bits per heavy atom. The monoisotopic (exact) mass is 331 g/mol. The van der Waals surface area contributed by atoms with E-state index in [4.69, 9.17) is 4.74 Å². The predicted octanol–water partition coefficient (Wildman–Crippen LogP) is 0.799. The molecule has 2 rings (SSSR count). The lowest BCUT2D eigenvalue weighted by molar-refractivity contribution is -0.147. The van der Waals surface area contributed by atoms with E-state index in [9.17, 15) is 14.9 Å². The molecule has 1 aliphatic rings. The first-order valence-electron chi connectivity index (χ1n) is 7.91. The second kappa shape index (κ2) is 8.24. The first-order chi connectivity index (χ1) is 11.5. The number of amides is 1. The van der Waals surface area contributed by atoms with E-state index in [1.54, 1.807) is 25.5 Å². The number of carbonyl (C=O) groups excluding carboxylic acids is 2. The molecule has 1 aromatic rings. The number of hydrogen-bond donors (Lipinski definition) is 1. The molecule has 24 heavy (non-hydrogen) atoms. The number of ether oxygens (including phenoxy) is 1. The van der Waals surface area contributed by atoms with Gasteiger partial charge in [-0.3, -0.25) is 9.59 Å². The lowest BCUT2D eigenvalue weighted by atomic mass is 9.83. The number of likely N-dealkylation sites (N-methyl/N-ethyl adjacent to an activating group) is 1. The number of aromatic nitrogens is 2.